The van der Waals surface area contributed by atoms with Crippen molar-refractivity contribution in [2.75, 3.05) is 0 Å². The van der Waals surface area contributed by atoms with E-state index in [4.69, 9.17) is 18.5 Å². The molecule has 3 rings (SSSR count). The molecule has 25 heavy (non-hydrogen) atoms. The highest BCUT2D eigenvalue weighted by molar-refractivity contribution is 5.89. The third kappa shape index (κ3) is 4.06. The molecule has 1 aromatic carbocycles. The Balaban J connectivity index is 1.61. The molecule has 0 aliphatic rings. The SMILES string of the molecule is Cc1cc(COC(=O)c2cccc(OCc3c(C)noc3C)c2)on1. The lowest BCUT2D eigenvalue weighted by atomic mass is 10.2. The maximum absolute atomic E-state index is 12.2. The zero-order valence-electron chi connectivity index (χ0n) is 14.2. The smallest absolute Gasteiger partial charge is 0.338 e. The van der Waals surface area contributed by atoms with Crippen molar-refractivity contribution in [2.24, 2.45) is 0 Å². The molecule has 0 atom stereocenters. The van der Waals surface area contributed by atoms with Crippen LogP contribution in [0.4, 0.5) is 0 Å². The van der Waals surface area contributed by atoms with E-state index in [1.165, 1.54) is 0 Å². The van der Waals surface area contributed by atoms with Crippen LogP contribution in [0.25, 0.3) is 0 Å². The second-order valence-electron chi connectivity index (χ2n) is 5.63. The van der Waals surface area contributed by atoms with Crippen molar-refractivity contribution in [3.05, 3.63) is 64.4 Å². The lowest BCUT2D eigenvalue weighted by Gasteiger charge is -2.08. The van der Waals surface area contributed by atoms with Crippen LogP contribution in [0.15, 0.2) is 39.4 Å². The van der Waals surface area contributed by atoms with Crippen LogP contribution < -0.4 is 4.74 Å². The van der Waals surface area contributed by atoms with Gasteiger partial charge in [-0.25, -0.2) is 4.79 Å². The molecule has 2 heterocycles. The molecule has 2 aromatic heterocycles. The van der Waals surface area contributed by atoms with E-state index in [2.05, 4.69) is 10.3 Å². The number of benzene rings is 1. The summed E-state index contributed by atoms with van der Waals surface area (Å²) in [5.74, 6) is 1.31. The summed E-state index contributed by atoms with van der Waals surface area (Å²) < 4.78 is 21.1. The lowest BCUT2D eigenvalue weighted by molar-refractivity contribution is 0.0437. The van der Waals surface area contributed by atoms with Crippen LogP contribution in [0.2, 0.25) is 0 Å². The number of aryl methyl sites for hydroxylation is 3. The van der Waals surface area contributed by atoms with Crippen molar-refractivity contribution >= 4 is 5.97 Å². The standard InChI is InChI=1S/C18H18N2O5/c1-11-7-16(25-19-11)9-23-18(21)14-5-4-6-15(8-14)22-10-17-12(2)20-24-13(17)3/h4-8H,9-10H2,1-3H3. The first kappa shape index (κ1) is 16.8. The predicted molar refractivity (Wildman–Crippen MR) is 87.1 cm³/mol. The van der Waals surface area contributed by atoms with E-state index in [0.717, 1.165) is 22.7 Å². The van der Waals surface area contributed by atoms with Crippen molar-refractivity contribution in [1.29, 1.82) is 0 Å². The molecule has 0 saturated carbocycles. The van der Waals surface area contributed by atoms with Crippen molar-refractivity contribution < 1.29 is 23.3 Å². The summed E-state index contributed by atoms with van der Waals surface area (Å²) in [7, 11) is 0. The van der Waals surface area contributed by atoms with Crippen molar-refractivity contribution in [1.82, 2.24) is 10.3 Å². The molecule has 0 N–H and O–H groups in total. The van der Waals surface area contributed by atoms with Gasteiger partial charge in [-0.1, -0.05) is 16.4 Å². The highest BCUT2D eigenvalue weighted by atomic mass is 16.5. The van der Waals surface area contributed by atoms with E-state index in [9.17, 15) is 4.79 Å². The zero-order chi connectivity index (χ0) is 17.8. The Morgan fingerprint density at radius 3 is 2.60 bits per heavy atom. The Bertz CT molecular complexity index is 862. The third-order valence-electron chi connectivity index (χ3n) is 3.66. The van der Waals surface area contributed by atoms with Crippen LogP contribution in [-0.4, -0.2) is 16.3 Å². The number of nitrogens with zero attached hydrogens (tertiary/aromatic N) is 2. The first-order valence-corrected chi connectivity index (χ1v) is 7.77. The number of esters is 1. The average Bonchev–Trinajstić information content (AvgIpc) is 3.17. The molecule has 130 valence electrons. The monoisotopic (exact) mass is 342 g/mol. The molecule has 0 saturated heterocycles. The fraction of sp³-hybridized carbons (Fsp3) is 0.278. The van der Waals surface area contributed by atoms with Gasteiger partial charge < -0.3 is 18.5 Å². The highest BCUT2D eigenvalue weighted by Crippen LogP contribution is 2.19. The molecule has 0 fully saturated rings. The third-order valence-corrected chi connectivity index (χ3v) is 3.66. The molecule has 0 unspecified atom stereocenters. The van der Waals surface area contributed by atoms with Gasteiger partial charge in [0.25, 0.3) is 0 Å². The summed E-state index contributed by atoms with van der Waals surface area (Å²) in [6.45, 7) is 5.83. The predicted octanol–water partition coefficient (Wildman–Crippen LogP) is 3.52. The van der Waals surface area contributed by atoms with Crippen LogP contribution in [0.1, 0.15) is 38.8 Å². The number of carbonyl (C=O) groups is 1. The molecule has 0 aliphatic carbocycles. The van der Waals surface area contributed by atoms with Gasteiger partial charge in [0.05, 0.1) is 22.5 Å². The first-order valence-electron chi connectivity index (χ1n) is 7.77. The Kier molecular flexibility index (Phi) is 4.83. The van der Waals surface area contributed by atoms with Crippen LogP contribution in [0.5, 0.6) is 5.75 Å². The van der Waals surface area contributed by atoms with Crippen LogP contribution in [-0.2, 0) is 18.0 Å². The quantitative estimate of drug-likeness (QED) is 0.633. The van der Waals surface area contributed by atoms with Crippen molar-refractivity contribution in [3.8, 4) is 5.75 Å². The Hall–Kier alpha value is -3.09. The van der Waals surface area contributed by atoms with E-state index in [-0.39, 0.29) is 6.61 Å². The molecule has 0 amide bonds. The van der Waals surface area contributed by atoms with Crippen LogP contribution >= 0.6 is 0 Å². The van der Waals surface area contributed by atoms with Gasteiger partial charge in [0.1, 0.15) is 18.1 Å². The minimum absolute atomic E-state index is 0.0316. The van der Waals surface area contributed by atoms with Gasteiger partial charge in [0.15, 0.2) is 12.4 Å². The first-order chi connectivity index (χ1) is 12.0. The number of ether oxygens (including phenoxy) is 2. The molecular weight excluding hydrogens is 324 g/mol. The molecule has 7 nitrogen and oxygen atoms in total. The summed E-state index contributed by atoms with van der Waals surface area (Å²) >= 11 is 0. The summed E-state index contributed by atoms with van der Waals surface area (Å²) in [6.07, 6.45) is 0. The minimum Gasteiger partial charge on any atom is -0.489 e. The largest absolute Gasteiger partial charge is 0.489 e. The highest BCUT2D eigenvalue weighted by Gasteiger charge is 2.12. The van der Waals surface area contributed by atoms with Gasteiger partial charge in [0, 0.05) is 6.07 Å². The summed E-state index contributed by atoms with van der Waals surface area (Å²) in [5.41, 5.74) is 2.82. The van der Waals surface area contributed by atoms with Gasteiger partial charge in [-0.15, -0.1) is 0 Å². The number of hydrogen-bond acceptors (Lipinski definition) is 7. The molecular formula is C18H18N2O5. The van der Waals surface area contributed by atoms with E-state index in [0.29, 0.717) is 23.7 Å². The van der Waals surface area contributed by atoms with Gasteiger partial charge in [-0.2, -0.15) is 0 Å². The van der Waals surface area contributed by atoms with Crippen molar-refractivity contribution in [3.63, 3.8) is 0 Å². The van der Waals surface area contributed by atoms with Gasteiger partial charge in [-0.05, 0) is 39.0 Å². The van der Waals surface area contributed by atoms with E-state index in [1.807, 2.05) is 13.8 Å². The zero-order valence-corrected chi connectivity index (χ0v) is 14.2. The summed E-state index contributed by atoms with van der Waals surface area (Å²) in [6, 6.07) is 8.52. The molecule has 0 bridgehead atoms. The fourth-order valence-electron chi connectivity index (χ4n) is 2.28. The molecule has 7 heteroatoms. The maximum atomic E-state index is 12.2. The van der Waals surface area contributed by atoms with E-state index >= 15 is 0 Å². The van der Waals surface area contributed by atoms with Gasteiger partial charge >= 0.3 is 5.97 Å². The van der Waals surface area contributed by atoms with Gasteiger partial charge in [0.2, 0.25) is 0 Å². The van der Waals surface area contributed by atoms with Crippen LogP contribution in [0.3, 0.4) is 0 Å². The fourth-order valence-corrected chi connectivity index (χ4v) is 2.28. The molecule has 0 radical (unpaired) electrons. The molecule has 0 aliphatic heterocycles. The number of aromatic nitrogens is 2. The summed E-state index contributed by atoms with van der Waals surface area (Å²) in [4.78, 5) is 12.2. The van der Waals surface area contributed by atoms with E-state index in [1.54, 1.807) is 37.3 Å². The Labute approximate surface area is 144 Å². The second-order valence-corrected chi connectivity index (χ2v) is 5.63. The Morgan fingerprint density at radius 1 is 1.08 bits per heavy atom. The van der Waals surface area contributed by atoms with Gasteiger partial charge in [-0.3, -0.25) is 0 Å². The molecule has 3 aromatic rings. The summed E-state index contributed by atoms with van der Waals surface area (Å²) in [5, 5.41) is 7.63. The maximum Gasteiger partial charge on any atom is 0.338 e. The second kappa shape index (κ2) is 7.21. The molecule has 0 spiro atoms. The minimum atomic E-state index is -0.461. The lowest BCUT2D eigenvalue weighted by Crippen LogP contribution is -2.05. The average molecular weight is 342 g/mol. The number of carbonyl (C=O) groups excluding carboxylic acids is 1. The topological polar surface area (TPSA) is 87.6 Å². The number of hydrogen-bond donors (Lipinski definition) is 0. The normalized spacial score (nSPS) is 10.7. The Morgan fingerprint density at radius 2 is 1.92 bits per heavy atom. The van der Waals surface area contributed by atoms with Crippen LogP contribution in [0, 0.1) is 20.8 Å². The van der Waals surface area contributed by atoms with E-state index < -0.39 is 5.97 Å². The van der Waals surface area contributed by atoms with Crippen molar-refractivity contribution in [2.45, 2.75) is 34.0 Å². The number of rotatable bonds is 6.